The van der Waals surface area contributed by atoms with Crippen LogP contribution in [0.4, 0.5) is 5.69 Å². The van der Waals surface area contributed by atoms with Crippen molar-refractivity contribution >= 4 is 22.9 Å². The number of amides is 1. The summed E-state index contributed by atoms with van der Waals surface area (Å²) in [5.74, 6) is 1.52. The maximum atomic E-state index is 13.5. The van der Waals surface area contributed by atoms with Gasteiger partial charge in [0.15, 0.2) is 16.5 Å². The standard InChI is InChI=1S/C25H25N3O4S/c29-11-10-27-8-7-19-23(15-27)33-24(26-19)25(30)28-9-6-18-17(2-1-3-20(18)28)16-4-5-21-22(14-16)32-13-12-31-21/h1-5,14,29H,6-13,15H2. The average molecular weight is 464 g/mol. The molecule has 0 spiro atoms. The second-order valence-corrected chi connectivity index (χ2v) is 9.59. The zero-order valence-electron chi connectivity index (χ0n) is 18.2. The number of aliphatic hydroxyl groups is 1. The fourth-order valence-corrected chi connectivity index (χ4v) is 6.01. The number of anilines is 1. The summed E-state index contributed by atoms with van der Waals surface area (Å²) in [6.07, 6.45) is 1.63. The molecule has 3 aliphatic heterocycles. The first-order valence-corrected chi connectivity index (χ1v) is 12.2. The molecule has 3 aliphatic rings. The first-order valence-electron chi connectivity index (χ1n) is 11.4. The van der Waals surface area contributed by atoms with E-state index < -0.39 is 0 Å². The van der Waals surface area contributed by atoms with Gasteiger partial charge in [0.05, 0.1) is 12.3 Å². The molecule has 0 saturated carbocycles. The summed E-state index contributed by atoms with van der Waals surface area (Å²) in [6, 6.07) is 12.2. The summed E-state index contributed by atoms with van der Waals surface area (Å²) in [7, 11) is 0. The highest BCUT2D eigenvalue weighted by molar-refractivity contribution is 7.13. The maximum absolute atomic E-state index is 13.5. The lowest BCUT2D eigenvalue weighted by molar-refractivity contribution is 0.0989. The van der Waals surface area contributed by atoms with Crippen LogP contribution in [-0.2, 0) is 19.4 Å². The molecule has 0 saturated heterocycles. The third-order valence-electron chi connectivity index (χ3n) is 6.54. The summed E-state index contributed by atoms with van der Waals surface area (Å²) in [5.41, 5.74) is 5.36. The number of aliphatic hydroxyl groups excluding tert-OH is 1. The Morgan fingerprint density at radius 3 is 2.85 bits per heavy atom. The van der Waals surface area contributed by atoms with Gasteiger partial charge in [0.2, 0.25) is 0 Å². The van der Waals surface area contributed by atoms with Crippen LogP contribution >= 0.6 is 11.3 Å². The van der Waals surface area contributed by atoms with E-state index in [2.05, 4.69) is 17.0 Å². The van der Waals surface area contributed by atoms with Gasteiger partial charge in [0, 0.05) is 43.2 Å². The van der Waals surface area contributed by atoms with Gasteiger partial charge in [-0.1, -0.05) is 18.2 Å². The predicted molar refractivity (Wildman–Crippen MR) is 126 cm³/mol. The largest absolute Gasteiger partial charge is 0.486 e. The third kappa shape index (κ3) is 3.68. The van der Waals surface area contributed by atoms with Crippen molar-refractivity contribution in [2.75, 3.05) is 44.4 Å². The van der Waals surface area contributed by atoms with E-state index in [0.717, 1.165) is 64.8 Å². The van der Waals surface area contributed by atoms with E-state index >= 15 is 0 Å². The van der Waals surface area contributed by atoms with Gasteiger partial charge in [-0.2, -0.15) is 0 Å². The van der Waals surface area contributed by atoms with Crippen molar-refractivity contribution in [1.82, 2.24) is 9.88 Å². The summed E-state index contributed by atoms with van der Waals surface area (Å²) in [6.45, 7) is 4.21. The van der Waals surface area contributed by atoms with Crippen molar-refractivity contribution < 1.29 is 19.4 Å². The van der Waals surface area contributed by atoms with Crippen molar-refractivity contribution in [3.05, 3.63) is 57.5 Å². The van der Waals surface area contributed by atoms with Crippen LogP contribution in [0.1, 0.15) is 25.9 Å². The van der Waals surface area contributed by atoms with Gasteiger partial charge >= 0.3 is 0 Å². The molecule has 3 aromatic rings. The van der Waals surface area contributed by atoms with Crippen molar-refractivity contribution in [3.63, 3.8) is 0 Å². The second kappa shape index (κ2) is 8.44. The van der Waals surface area contributed by atoms with Crippen LogP contribution in [0.2, 0.25) is 0 Å². The molecule has 0 aliphatic carbocycles. The number of carbonyl (C=O) groups excluding carboxylic acids is 1. The SMILES string of the molecule is O=C(c1nc2c(s1)CN(CCO)CC2)N1CCc2c(-c3ccc4c(c3)OCCO4)cccc21. The van der Waals surface area contributed by atoms with E-state index in [-0.39, 0.29) is 12.5 Å². The molecule has 170 valence electrons. The number of rotatable bonds is 4. The molecule has 2 aromatic carbocycles. The Morgan fingerprint density at radius 2 is 1.97 bits per heavy atom. The molecular weight excluding hydrogens is 438 g/mol. The van der Waals surface area contributed by atoms with Crippen molar-refractivity contribution in [3.8, 4) is 22.6 Å². The monoisotopic (exact) mass is 463 g/mol. The summed E-state index contributed by atoms with van der Waals surface area (Å²) < 4.78 is 11.4. The Morgan fingerprint density at radius 1 is 1.09 bits per heavy atom. The molecule has 1 N–H and O–H groups in total. The van der Waals surface area contributed by atoms with E-state index in [4.69, 9.17) is 14.5 Å². The number of hydrogen-bond acceptors (Lipinski definition) is 7. The minimum Gasteiger partial charge on any atom is -0.486 e. The van der Waals surface area contributed by atoms with Crippen molar-refractivity contribution in [1.29, 1.82) is 0 Å². The van der Waals surface area contributed by atoms with Gasteiger partial charge in [-0.3, -0.25) is 9.69 Å². The molecule has 1 amide bonds. The molecule has 4 heterocycles. The number of aromatic nitrogens is 1. The van der Waals surface area contributed by atoms with E-state index in [1.807, 2.05) is 29.2 Å². The number of ether oxygens (including phenoxy) is 2. The van der Waals surface area contributed by atoms with Crippen LogP contribution in [-0.4, -0.2) is 60.4 Å². The van der Waals surface area contributed by atoms with Gasteiger partial charge in [-0.15, -0.1) is 11.3 Å². The fourth-order valence-electron chi connectivity index (χ4n) is 4.91. The van der Waals surface area contributed by atoms with Crippen LogP contribution in [0.25, 0.3) is 11.1 Å². The Hall–Kier alpha value is -2.94. The van der Waals surface area contributed by atoms with Gasteiger partial charge in [0.1, 0.15) is 13.2 Å². The molecule has 1 aromatic heterocycles. The highest BCUT2D eigenvalue weighted by Crippen LogP contribution is 2.40. The molecule has 0 unspecified atom stereocenters. The minimum absolute atomic E-state index is 0.0267. The van der Waals surface area contributed by atoms with E-state index in [1.165, 1.54) is 16.9 Å². The molecular formula is C25H25N3O4S. The summed E-state index contributed by atoms with van der Waals surface area (Å²) in [4.78, 5) is 23.4. The van der Waals surface area contributed by atoms with Crippen LogP contribution in [0.3, 0.4) is 0 Å². The van der Waals surface area contributed by atoms with Gasteiger partial charge in [-0.25, -0.2) is 4.98 Å². The normalized spacial score (nSPS) is 17.1. The number of β-amino-alcohol motifs (C(OH)–C–C–N with tert-alkyl or cyclic N) is 1. The summed E-state index contributed by atoms with van der Waals surface area (Å²) >= 11 is 1.49. The minimum atomic E-state index is -0.0267. The number of fused-ring (bicyclic) bond motifs is 3. The van der Waals surface area contributed by atoms with E-state index in [9.17, 15) is 9.90 Å². The molecule has 7 nitrogen and oxygen atoms in total. The lowest BCUT2D eigenvalue weighted by Gasteiger charge is -2.24. The van der Waals surface area contributed by atoms with E-state index in [0.29, 0.717) is 31.3 Å². The lowest BCUT2D eigenvalue weighted by Crippen LogP contribution is -2.32. The smallest absolute Gasteiger partial charge is 0.287 e. The van der Waals surface area contributed by atoms with Crippen LogP contribution in [0, 0.1) is 0 Å². The highest BCUT2D eigenvalue weighted by atomic mass is 32.1. The number of benzene rings is 2. The van der Waals surface area contributed by atoms with Crippen LogP contribution in [0.5, 0.6) is 11.5 Å². The lowest BCUT2D eigenvalue weighted by atomic mass is 9.97. The average Bonchev–Trinajstić information content (AvgIpc) is 3.47. The van der Waals surface area contributed by atoms with E-state index in [1.54, 1.807) is 0 Å². The number of hydrogen-bond donors (Lipinski definition) is 1. The van der Waals surface area contributed by atoms with Gasteiger partial charge < -0.3 is 19.5 Å². The number of carbonyl (C=O) groups is 1. The summed E-state index contributed by atoms with van der Waals surface area (Å²) in [5, 5.41) is 9.79. The van der Waals surface area contributed by atoms with Crippen molar-refractivity contribution in [2.24, 2.45) is 0 Å². The number of nitrogens with zero attached hydrogens (tertiary/aromatic N) is 3. The van der Waals surface area contributed by atoms with Crippen molar-refractivity contribution in [2.45, 2.75) is 19.4 Å². The van der Waals surface area contributed by atoms with Crippen LogP contribution in [0.15, 0.2) is 36.4 Å². The zero-order valence-corrected chi connectivity index (χ0v) is 19.1. The highest BCUT2D eigenvalue weighted by Gasteiger charge is 2.31. The molecule has 0 radical (unpaired) electrons. The second-order valence-electron chi connectivity index (χ2n) is 8.51. The Bertz CT molecular complexity index is 1220. The Labute approximate surface area is 196 Å². The Kier molecular flexibility index (Phi) is 5.28. The topological polar surface area (TPSA) is 75.1 Å². The number of thiazole rings is 1. The molecule has 0 bridgehead atoms. The predicted octanol–water partition coefficient (Wildman–Crippen LogP) is 3.13. The third-order valence-corrected chi connectivity index (χ3v) is 7.61. The molecule has 33 heavy (non-hydrogen) atoms. The van der Waals surface area contributed by atoms with Crippen LogP contribution < -0.4 is 14.4 Å². The molecule has 0 atom stereocenters. The zero-order chi connectivity index (χ0) is 22.4. The quantitative estimate of drug-likeness (QED) is 0.641. The van der Waals surface area contributed by atoms with Gasteiger partial charge in [-0.05, 0) is 41.3 Å². The maximum Gasteiger partial charge on any atom is 0.287 e. The molecule has 6 rings (SSSR count). The molecule has 0 fully saturated rings. The molecule has 8 heteroatoms. The van der Waals surface area contributed by atoms with Gasteiger partial charge in [0.25, 0.3) is 5.91 Å². The first kappa shape index (κ1) is 20.7. The first-order chi connectivity index (χ1) is 16.2. The Balaban J connectivity index is 1.28. The fraction of sp³-hybridized carbons (Fsp3) is 0.360.